The van der Waals surface area contributed by atoms with E-state index in [2.05, 4.69) is 10.5 Å². The predicted molar refractivity (Wildman–Crippen MR) is 103 cm³/mol. The first-order valence-corrected chi connectivity index (χ1v) is 9.51. The molecule has 8 heteroatoms. The van der Waals surface area contributed by atoms with E-state index in [4.69, 9.17) is 14.0 Å². The molecule has 0 radical (unpaired) electrons. The maximum atomic E-state index is 12.2. The normalized spacial score (nSPS) is 10.5. The minimum absolute atomic E-state index is 0.283. The fourth-order valence-corrected chi connectivity index (χ4v) is 3.09. The zero-order valence-corrected chi connectivity index (χ0v) is 16.4. The fraction of sp³-hybridized carbons (Fsp3) is 0.250. The van der Waals surface area contributed by atoms with Crippen molar-refractivity contribution in [1.82, 2.24) is 10.5 Å². The Balaban J connectivity index is 1.49. The molecule has 0 unspecified atom stereocenters. The molecule has 0 aliphatic carbocycles. The van der Waals surface area contributed by atoms with E-state index in [-0.39, 0.29) is 19.1 Å². The number of ether oxygens (including phenoxy) is 2. The maximum Gasteiger partial charge on any atom is 0.338 e. The summed E-state index contributed by atoms with van der Waals surface area (Å²) in [5.41, 5.74) is 1.94. The van der Waals surface area contributed by atoms with E-state index in [1.807, 2.05) is 31.4 Å². The average molecular weight is 400 g/mol. The minimum atomic E-state index is -0.589. The second-order valence-corrected chi connectivity index (χ2v) is 7.08. The van der Waals surface area contributed by atoms with Gasteiger partial charge in [0.25, 0.3) is 5.91 Å². The molecule has 0 saturated heterocycles. The van der Waals surface area contributed by atoms with Crippen molar-refractivity contribution in [2.75, 3.05) is 6.61 Å². The summed E-state index contributed by atoms with van der Waals surface area (Å²) in [4.78, 5) is 25.0. The minimum Gasteiger partial charge on any atom is -0.489 e. The van der Waals surface area contributed by atoms with E-state index in [9.17, 15) is 9.59 Å². The lowest BCUT2D eigenvalue weighted by atomic mass is 10.2. The number of thiophene rings is 1. The van der Waals surface area contributed by atoms with Gasteiger partial charge < -0.3 is 19.3 Å². The molecule has 0 aliphatic rings. The van der Waals surface area contributed by atoms with Crippen LogP contribution < -0.4 is 10.1 Å². The Morgan fingerprint density at radius 3 is 2.79 bits per heavy atom. The summed E-state index contributed by atoms with van der Waals surface area (Å²) in [6.45, 7) is 4.01. The zero-order chi connectivity index (χ0) is 19.9. The van der Waals surface area contributed by atoms with Crippen LogP contribution in [0.4, 0.5) is 0 Å². The number of aryl methyl sites for hydroxylation is 2. The maximum absolute atomic E-state index is 12.2. The number of hydrogen-bond acceptors (Lipinski definition) is 7. The van der Waals surface area contributed by atoms with Crippen molar-refractivity contribution < 1.29 is 23.6 Å². The smallest absolute Gasteiger partial charge is 0.338 e. The van der Waals surface area contributed by atoms with Gasteiger partial charge in [0.15, 0.2) is 6.61 Å². The third-order valence-corrected chi connectivity index (χ3v) is 4.88. The van der Waals surface area contributed by atoms with E-state index >= 15 is 0 Å². The van der Waals surface area contributed by atoms with Gasteiger partial charge in [0.2, 0.25) is 0 Å². The van der Waals surface area contributed by atoms with Gasteiger partial charge in [-0.05, 0) is 43.5 Å². The third-order valence-electron chi connectivity index (χ3n) is 4.01. The van der Waals surface area contributed by atoms with Crippen molar-refractivity contribution >= 4 is 23.2 Å². The monoisotopic (exact) mass is 400 g/mol. The largest absolute Gasteiger partial charge is 0.489 e. The third kappa shape index (κ3) is 5.20. The predicted octanol–water partition coefficient (Wildman–Crippen LogP) is 3.41. The highest BCUT2D eigenvalue weighted by molar-refractivity contribution is 7.09. The topological polar surface area (TPSA) is 90.7 Å². The Hall–Kier alpha value is -3.13. The number of carbonyl (C=O) groups excluding carboxylic acids is 2. The highest BCUT2D eigenvalue weighted by atomic mass is 32.1. The van der Waals surface area contributed by atoms with Gasteiger partial charge in [0.1, 0.15) is 18.1 Å². The summed E-state index contributed by atoms with van der Waals surface area (Å²) in [6, 6.07) is 10.4. The lowest BCUT2D eigenvalue weighted by molar-refractivity contribution is -0.124. The number of benzene rings is 1. The van der Waals surface area contributed by atoms with Gasteiger partial charge in [-0.1, -0.05) is 17.3 Å². The molecular formula is C20H20N2O5S. The molecule has 0 aliphatic heterocycles. The van der Waals surface area contributed by atoms with Crippen LogP contribution in [0.25, 0.3) is 0 Å². The van der Waals surface area contributed by atoms with E-state index in [0.29, 0.717) is 23.6 Å². The summed E-state index contributed by atoms with van der Waals surface area (Å²) in [5, 5.41) is 8.52. The van der Waals surface area contributed by atoms with Crippen molar-refractivity contribution in [2.24, 2.45) is 0 Å². The average Bonchev–Trinajstić information content (AvgIpc) is 3.33. The summed E-state index contributed by atoms with van der Waals surface area (Å²) >= 11 is 1.55. The van der Waals surface area contributed by atoms with Crippen LogP contribution in [0.2, 0.25) is 0 Å². The quantitative estimate of drug-likeness (QED) is 0.583. The molecule has 0 fully saturated rings. The van der Waals surface area contributed by atoms with Crippen molar-refractivity contribution in [3.63, 3.8) is 0 Å². The van der Waals surface area contributed by atoms with E-state index < -0.39 is 5.97 Å². The molecule has 0 bridgehead atoms. The Bertz CT molecular complexity index is 930. The molecule has 1 N–H and O–H groups in total. The standard InChI is InChI=1S/C20H20N2O5S/c1-13-18(14(2)27-22-13)11-25-16-6-3-5-15(9-16)20(24)26-12-19(23)21-10-17-7-4-8-28-17/h3-9H,10-12H2,1-2H3,(H,21,23). The Kier molecular flexibility index (Phi) is 6.44. The van der Waals surface area contributed by atoms with Crippen molar-refractivity contribution in [3.05, 3.63) is 69.2 Å². The number of rotatable bonds is 8. The molecule has 2 heterocycles. The number of carbonyl (C=O) groups is 2. The SMILES string of the molecule is Cc1noc(C)c1COc1cccc(C(=O)OCC(=O)NCc2cccs2)c1. The number of hydrogen-bond donors (Lipinski definition) is 1. The number of amides is 1. The van der Waals surface area contributed by atoms with Crippen LogP contribution >= 0.6 is 11.3 Å². The molecule has 1 aromatic carbocycles. The molecule has 3 rings (SSSR count). The first kappa shape index (κ1) is 19.6. The lowest BCUT2D eigenvalue weighted by Gasteiger charge is -2.08. The molecule has 7 nitrogen and oxygen atoms in total. The summed E-state index contributed by atoms with van der Waals surface area (Å²) < 4.78 is 15.9. The molecule has 2 aromatic heterocycles. The van der Waals surface area contributed by atoms with Crippen LogP contribution in [0, 0.1) is 13.8 Å². The highest BCUT2D eigenvalue weighted by Crippen LogP contribution is 2.19. The molecule has 146 valence electrons. The first-order valence-electron chi connectivity index (χ1n) is 8.63. The van der Waals surface area contributed by atoms with Crippen LogP contribution in [0.1, 0.15) is 32.3 Å². The van der Waals surface area contributed by atoms with E-state index in [1.165, 1.54) is 0 Å². The van der Waals surface area contributed by atoms with Crippen LogP contribution in [-0.4, -0.2) is 23.6 Å². The lowest BCUT2D eigenvalue weighted by Crippen LogP contribution is -2.28. The second-order valence-electron chi connectivity index (χ2n) is 6.05. The summed E-state index contributed by atoms with van der Waals surface area (Å²) in [6.07, 6.45) is 0. The van der Waals surface area contributed by atoms with Gasteiger partial charge in [0, 0.05) is 4.88 Å². The molecule has 3 aromatic rings. The fourth-order valence-electron chi connectivity index (χ4n) is 2.44. The Morgan fingerprint density at radius 1 is 1.21 bits per heavy atom. The highest BCUT2D eigenvalue weighted by Gasteiger charge is 2.13. The Labute approximate surface area is 166 Å². The van der Waals surface area contributed by atoms with Crippen LogP contribution in [0.5, 0.6) is 5.75 Å². The summed E-state index contributed by atoms with van der Waals surface area (Å²) in [5.74, 6) is 0.264. The van der Waals surface area contributed by atoms with Crippen molar-refractivity contribution in [2.45, 2.75) is 27.0 Å². The van der Waals surface area contributed by atoms with E-state index in [0.717, 1.165) is 16.1 Å². The van der Waals surface area contributed by atoms with Crippen LogP contribution in [0.3, 0.4) is 0 Å². The van der Waals surface area contributed by atoms with Crippen molar-refractivity contribution in [1.29, 1.82) is 0 Å². The van der Waals surface area contributed by atoms with Gasteiger partial charge in [0.05, 0.1) is 23.4 Å². The number of aromatic nitrogens is 1. The first-order chi connectivity index (χ1) is 13.5. The molecule has 1 amide bonds. The van der Waals surface area contributed by atoms with Gasteiger partial charge in [-0.2, -0.15) is 0 Å². The van der Waals surface area contributed by atoms with Gasteiger partial charge >= 0.3 is 5.97 Å². The van der Waals surface area contributed by atoms with Gasteiger partial charge in [-0.15, -0.1) is 11.3 Å². The molecule has 28 heavy (non-hydrogen) atoms. The number of nitrogens with one attached hydrogen (secondary N) is 1. The Morgan fingerprint density at radius 2 is 2.07 bits per heavy atom. The summed E-state index contributed by atoms with van der Waals surface area (Å²) in [7, 11) is 0. The zero-order valence-electron chi connectivity index (χ0n) is 15.6. The molecule has 0 spiro atoms. The second kappa shape index (κ2) is 9.18. The number of nitrogens with zero attached hydrogens (tertiary/aromatic N) is 1. The number of esters is 1. The molecule has 0 saturated carbocycles. The molecular weight excluding hydrogens is 380 g/mol. The van der Waals surface area contributed by atoms with Crippen LogP contribution in [-0.2, 0) is 22.7 Å². The molecule has 0 atom stereocenters. The van der Waals surface area contributed by atoms with Crippen molar-refractivity contribution in [3.8, 4) is 5.75 Å². The van der Waals surface area contributed by atoms with Crippen LogP contribution in [0.15, 0.2) is 46.3 Å². The van der Waals surface area contributed by atoms with E-state index in [1.54, 1.807) is 35.6 Å². The van der Waals surface area contributed by atoms with Gasteiger partial charge in [-0.25, -0.2) is 4.79 Å². The van der Waals surface area contributed by atoms with Gasteiger partial charge in [-0.3, -0.25) is 4.79 Å².